The maximum Gasteiger partial charge on any atom is 0.404 e. The molecule has 0 atom stereocenters. The monoisotopic (exact) mass is 249 g/mol. The van der Waals surface area contributed by atoms with E-state index >= 15 is 0 Å². The third-order valence-corrected chi connectivity index (χ3v) is 2.73. The maximum absolute atomic E-state index is 11.8. The van der Waals surface area contributed by atoms with Gasteiger partial charge in [0.1, 0.15) is 6.61 Å². The van der Waals surface area contributed by atoms with Crippen LogP contribution in [0, 0.1) is 0 Å². The largest absolute Gasteiger partial charge is 0.448 e. The topological polar surface area (TPSA) is 93.5 Å². The van der Waals surface area contributed by atoms with Gasteiger partial charge in [0.2, 0.25) is 0 Å². The van der Waals surface area contributed by atoms with Gasteiger partial charge in [-0.25, -0.2) is 4.79 Å². The summed E-state index contributed by atoms with van der Waals surface area (Å²) >= 11 is 0. The first kappa shape index (κ1) is 12.4. The number of primary amides is 1. The number of carbonyl (C=O) groups excluding carboxylic acids is 2. The molecule has 0 aliphatic carbocycles. The predicted octanol–water partition coefficient (Wildman–Crippen LogP) is 0.115. The zero-order valence-electron chi connectivity index (χ0n) is 9.86. The molecule has 1 aliphatic heterocycles. The summed E-state index contributed by atoms with van der Waals surface area (Å²) in [6.07, 6.45) is -0.840. The van der Waals surface area contributed by atoms with Crippen LogP contribution in [0.15, 0.2) is 18.2 Å². The number of benzene rings is 1. The fraction of sp³-hybridized carbons (Fsp3) is 0.333. The molecule has 6 nitrogen and oxygen atoms in total. The van der Waals surface area contributed by atoms with Gasteiger partial charge in [-0.3, -0.25) is 4.79 Å². The Kier molecular flexibility index (Phi) is 3.78. The van der Waals surface area contributed by atoms with Gasteiger partial charge in [0, 0.05) is 18.7 Å². The van der Waals surface area contributed by atoms with E-state index in [9.17, 15) is 9.59 Å². The molecule has 1 heterocycles. The molecule has 1 aromatic carbocycles. The van der Waals surface area contributed by atoms with Crippen molar-refractivity contribution in [3.8, 4) is 0 Å². The van der Waals surface area contributed by atoms with Crippen LogP contribution in [0.2, 0.25) is 0 Å². The van der Waals surface area contributed by atoms with E-state index in [0.717, 1.165) is 18.7 Å². The van der Waals surface area contributed by atoms with Crippen molar-refractivity contribution in [1.82, 2.24) is 10.6 Å². The van der Waals surface area contributed by atoms with Crippen molar-refractivity contribution < 1.29 is 14.3 Å². The summed E-state index contributed by atoms with van der Waals surface area (Å²) in [5, 5.41) is 5.87. The summed E-state index contributed by atoms with van der Waals surface area (Å²) in [5.74, 6) is -0.183. The summed E-state index contributed by atoms with van der Waals surface area (Å²) in [6, 6.07) is 5.61. The minimum absolute atomic E-state index is 0.0770. The highest BCUT2D eigenvalue weighted by Gasteiger charge is 2.13. The Hall–Kier alpha value is -2.08. The zero-order valence-corrected chi connectivity index (χ0v) is 9.86. The van der Waals surface area contributed by atoms with E-state index in [1.807, 2.05) is 12.1 Å². The fourth-order valence-electron chi connectivity index (χ4n) is 1.85. The molecule has 1 aromatic rings. The second-order valence-corrected chi connectivity index (χ2v) is 4.01. The average molecular weight is 249 g/mol. The van der Waals surface area contributed by atoms with E-state index in [-0.39, 0.29) is 19.1 Å². The first-order valence-corrected chi connectivity index (χ1v) is 5.70. The zero-order chi connectivity index (χ0) is 13.0. The van der Waals surface area contributed by atoms with Gasteiger partial charge in [0.15, 0.2) is 0 Å². The summed E-state index contributed by atoms with van der Waals surface area (Å²) < 4.78 is 4.52. The Labute approximate surface area is 104 Å². The average Bonchev–Trinajstić information content (AvgIpc) is 2.81. The first-order valence-electron chi connectivity index (χ1n) is 5.70. The van der Waals surface area contributed by atoms with Crippen LogP contribution in [0.4, 0.5) is 4.79 Å². The van der Waals surface area contributed by atoms with E-state index in [1.54, 1.807) is 6.07 Å². The lowest BCUT2D eigenvalue weighted by atomic mass is 10.1. The Morgan fingerprint density at radius 2 is 2.11 bits per heavy atom. The van der Waals surface area contributed by atoms with Crippen LogP contribution in [0.3, 0.4) is 0 Å². The van der Waals surface area contributed by atoms with E-state index < -0.39 is 6.09 Å². The number of hydrogen-bond donors (Lipinski definition) is 3. The number of hydrogen-bond acceptors (Lipinski definition) is 4. The molecule has 2 amide bonds. The van der Waals surface area contributed by atoms with E-state index in [1.165, 1.54) is 5.56 Å². The van der Waals surface area contributed by atoms with Crippen molar-refractivity contribution in [2.45, 2.75) is 13.1 Å². The van der Waals surface area contributed by atoms with Crippen LogP contribution >= 0.6 is 0 Å². The smallest absolute Gasteiger partial charge is 0.404 e. The lowest BCUT2D eigenvalue weighted by Crippen LogP contribution is -2.29. The third kappa shape index (κ3) is 2.98. The Bertz CT molecular complexity index is 474. The molecule has 1 aliphatic rings. The lowest BCUT2D eigenvalue weighted by Gasteiger charge is -2.06. The van der Waals surface area contributed by atoms with Gasteiger partial charge in [0.05, 0.1) is 6.54 Å². The van der Waals surface area contributed by atoms with Crippen molar-refractivity contribution in [2.24, 2.45) is 5.73 Å². The lowest BCUT2D eigenvalue weighted by molar-refractivity contribution is 0.0936. The van der Waals surface area contributed by atoms with E-state index in [4.69, 9.17) is 5.73 Å². The second-order valence-electron chi connectivity index (χ2n) is 4.01. The molecule has 0 aromatic heterocycles. The first-order chi connectivity index (χ1) is 8.66. The SMILES string of the molecule is NC(=O)OCCNC(=O)c1ccc2c(c1)CNC2. The maximum atomic E-state index is 11.8. The number of fused-ring (bicyclic) bond motifs is 1. The minimum Gasteiger partial charge on any atom is -0.448 e. The van der Waals surface area contributed by atoms with Crippen molar-refractivity contribution in [3.63, 3.8) is 0 Å². The summed E-state index contributed by atoms with van der Waals surface area (Å²) in [5.41, 5.74) is 7.78. The van der Waals surface area contributed by atoms with Gasteiger partial charge < -0.3 is 21.1 Å². The molecule has 0 bridgehead atoms. The number of rotatable bonds is 4. The van der Waals surface area contributed by atoms with Gasteiger partial charge in [-0.15, -0.1) is 0 Å². The van der Waals surface area contributed by atoms with Gasteiger partial charge in [0.25, 0.3) is 5.91 Å². The molecule has 0 saturated carbocycles. The molecule has 0 radical (unpaired) electrons. The number of nitrogens with one attached hydrogen (secondary N) is 2. The highest BCUT2D eigenvalue weighted by atomic mass is 16.5. The van der Waals surface area contributed by atoms with Crippen LogP contribution in [0.25, 0.3) is 0 Å². The number of nitrogens with two attached hydrogens (primary N) is 1. The standard InChI is InChI=1S/C12H15N3O3/c13-12(17)18-4-3-15-11(16)8-1-2-9-6-14-7-10(9)5-8/h1-2,5,14H,3-4,6-7H2,(H2,13,17)(H,15,16). The number of amides is 2. The number of carbonyl (C=O) groups is 2. The normalized spacial score (nSPS) is 12.9. The van der Waals surface area contributed by atoms with Crippen LogP contribution in [0.5, 0.6) is 0 Å². The van der Waals surface area contributed by atoms with Crippen LogP contribution in [-0.2, 0) is 17.8 Å². The van der Waals surface area contributed by atoms with Gasteiger partial charge in [-0.1, -0.05) is 6.07 Å². The molecular weight excluding hydrogens is 234 g/mol. The van der Waals surface area contributed by atoms with Crippen LogP contribution < -0.4 is 16.4 Å². The molecule has 96 valence electrons. The van der Waals surface area contributed by atoms with E-state index in [0.29, 0.717) is 5.56 Å². The van der Waals surface area contributed by atoms with Gasteiger partial charge >= 0.3 is 6.09 Å². The summed E-state index contributed by atoms with van der Waals surface area (Å²) in [6.45, 7) is 1.97. The third-order valence-electron chi connectivity index (χ3n) is 2.73. The van der Waals surface area contributed by atoms with Gasteiger partial charge in [-0.05, 0) is 23.3 Å². The highest BCUT2D eigenvalue weighted by Crippen LogP contribution is 2.16. The molecule has 0 spiro atoms. The van der Waals surface area contributed by atoms with Crippen molar-refractivity contribution in [1.29, 1.82) is 0 Å². The Balaban J connectivity index is 1.87. The van der Waals surface area contributed by atoms with Crippen molar-refractivity contribution in [2.75, 3.05) is 13.2 Å². The van der Waals surface area contributed by atoms with Crippen molar-refractivity contribution >= 4 is 12.0 Å². The Morgan fingerprint density at radius 1 is 1.33 bits per heavy atom. The second kappa shape index (κ2) is 5.50. The number of ether oxygens (including phenoxy) is 1. The summed E-state index contributed by atoms with van der Waals surface area (Å²) in [4.78, 5) is 22.1. The molecule has 4 N–H and O–H groups in total. The molecule has 0 saturated heterocycles. The highest BCUT2D eigenvalue weighted by molar-refractivity contribution is 5.94. The van der Waals surface area contributed by atoms with Crippen LogP contribution in [-0.4, -0.2) is 25.2 Å². The molecule has 0 fully saturated rings. The molecule has 18 heavy (non-hydrogen) atoms. The van der Waals surface area contributed by atoms with E-state index in [2.05, 4.69) is 15.4 Å². The van der Waals surface area contributed by atoms with Gasteiger partial charge in [-0.2, -0.15) is 0 Å². The summed E-state index contributed by atoms with van der Waals surface area (Å²) in [7, 11) is 0. The quantitative estimate of drug-likeness (QED) is 0.660. The minimum atomic E-state index is -0.840. The van der Waals surface area contributed by atoms with Crippen molar-refractivity contribution in [3.05, 3.63) is 34.9 Å². The molecule has 6 heteroatoms. The fourth-order valence-corrected chi connectivity index (χ4v) is 1.85. The van der Waals surface area contributed by atoms with Crippen LogP contribution in [0.1, 0.15) is 21.5 Å². The molecular formula is C12H15N3O3. The molecule has 0 unspecified atom stereocenters. The molecule has 2 rings (SSSR count). The Morgan fingerprint density at radius 3 is 2.89 bits per heavy atom. The predicted molar refractivity (Wildman–Crippen MR) is 64.9 cm³/mol.